The van der Waals surface area contributed by atoms with Crippen LogP contribution in [0.15, 0.2) is 41.3 Å². The number of hydrogen-bond acceptors (Lipinski definition) is 8. The van der Waals surface area contributed by atoms with E-state index in [0.29, 0.717) is 63.4 Å². The fraction of sp³-hybridized carbons (Fsp3) is 0.407. The molecule has 1 fully saturated rings. The molecule has 14 heteroatoms. The topological polar surface area (TPSA) is 110 Å². The van der Waals surface area contributed by atoms with Crippen molar-refractivity contribution >= 4 is 33.9 Å². The zero-order chi connectivity index (χ0) is 29.9. The van der Waals surface area contributed by atoms with Crippen LogP contribution >= 0.6 is 0 Å². The monoisotopic (exact) mass is 579 g/mol. The summed E-state index contributed by atoms with van der Waals surface area (Å²) in [5, 5.41) is 13.9. The van der Waals surface area contributed by atoms with Crippen molar-refractivity contribution in [2.45, 2.75) is 26.1 Å². The molecule has 4 rings (SSSR count). The van der Waals surface area contributed by atoms with Crippen molar-refractivity contribution < 1.29 is 32.0 Å². The third kappa shape index (κ3) is 6.42. The molecule has 0 amide bonds. The number of carbonyl (C=O) groups excluding carboxylic acids is 1. The average molecular weight is 580 g/mol. The average Bonchev–Trinajstić information content (AvgIpc) is 2.95. The summed E-state index contributed by atoms with van der Waals surface area (Å²) in [5.41, 5.74) is -2.05. The van der Waals surface area contributed by atoms with E-state index in [1.54, 1.807) is 10.6 Å². The Hall–Kier alpha value is -4.20. The van der Waals surface area contributed by atoms with Crippen LogP contribution in [0.2, 0.25) is 0 Å². The van der Waals surface area contributed by atoms with Crippen LogP contribution in [-0.2, 0) is 17.5 Å². The van der Waals surface area contributed by atoms with E-state index in [0.717, 1.165) is 18.2 Å². The second-order valence-electron chi connectivity index (χ2n) is 9.57. The number of nitrogens with one attached hydrogen (secondary N) is 1. The highest BCUT2D eigenvalue weighted by Crippen LogP contribution is 2.37. The number of aromatic nitrogens is 1. The van der Waals surface area contributed by atoms with E-state index in [2.05, 4.69) is 15.0 Å². The molecule has 3 aromatic rings. The van der Waals surface area contributed by atoms with Crippen LogP contribution in [-0.4, -0.2) is 66.7 Å². The quantitative estimate of drug-likeness (QED) is 0.130. The maximum absolute atomic E-state index is 15.2. The van der Waals surface area contributed by atoms with E-state index in [1.807, 2.05) is 11.8 Å². The van der Waals surface area contributed by atoms with Gasteiger partial charge in [-0.1, -0.05) is 0 Å². The molecule has 10 nitrogen and oxygen atoms in total. The Balaban J connectivity index is 1.36. The zero-order valence-corrected chi connectivity index (χ0v) is 22.5. The number of methoxy groups -OCH3 is 1. The summed E-state index contributed by atoms with van der Waals surface area (Å²) >= 11 is 0. The highest BCUT2D eigenvalue weighted by molar-refractivity contribution is 5.94. The Bertz CT molecular complexity index is 1520. The smallest absolute Gasteiger partial charge is 0.423 e. The fourth-order valence-electron chi connectivity index (χ4n) is 4.94. The van der Waals surface area contributed by atoms with Gasteiger partial charge in [0, 0.05) is 62.6 Å². The lowest BCUT2D eigenvalue weighted by atomic mass is 10.1. The first kappa shape index (κ1) is 29.8. The molecule has 0 bridgehead atoms. The predicted octanol–water partition coefficient (Wildman–Crippen LogP) is 4.50. The van der Waals surface area contributed by atoms with Gasteiger partial charge in [0.2, 0.25) is 5.43 Å². The molecule has 0 atom stereocenters. The number of esters is 1. The molecular formula is C27H29F4N5O5. The van der Waals surface area contributed by atoms with Crippen LogP contribution in [0, 0.1) is 15.9 Å². The summed E-state index contributed by atoms with van der Waals surface area (Å²) in [6, 6.07) is 5.61. The number of hydrogen-bond donors (Lipinski definition) is 1. The molecule has 1 aromatic heterocycles. The predicted molar refractivity (Wildman–Crippen MR) is 145 cm³/mol. The summed E-state index contributed by atoms with van der Waals surface area (Å²) < 4.78 is 61.1. The molecule has 2 aromatic carbocycles. The number of pyridine rings is 1. The lowest BCUT2D eigenvalue weighted by molar-refractivity contribution is -0.388. The Morgan fingerprint density at radius 1 is 1.15 bits per heavy atom. The molecule has 1 saturated heterocycles. The standard InChI is InChI=1S/C27H29F4N5O5/c1-3-34-16-19(26(38)41-2)25(37)18-14-21(28)24(15-23(18)34)35-11-9-33(10-12-35)8-4-7-32-17-5-6-22(36(39)40)20(13-17)27(29,30)31/h5-6,13-16,32H,3-4,7-12H2,1-2H3. The van der Waals surface area contributed by atoms with Crippen LogP contribution in [0.5, 0.6) is 0 Å². The summed E-state index contributed by atoms with van der Waals surface area (Å²) in [6.45, 7) is 5.57. The first-order chi connectivity index (χ1) is 19.4. The summed E-state index contributed by atoms with van der Waals surface area (Å²) in [5.74, 6) is -1.35. The minimum absolute atomic E-state index is 0.0949. The third-order valence-corrected chi connectivity index (χ3v) is 7.09. The van der Waals surface area contributed by atoms with Gasteiger partial charge < -0.3 is 19.5 Å². The highest BCUT2D eigenvalue weighted by Gasteiger charge is 2.38. The van der Waals surface area contributed by atoms with Gasteiger partial charge in [0.15, 0.2) is 0 Å². The van der Waals surface area contributed by atoms with Gasteiger partial charge in [0.25, 0.3) is 5.69 Å². The number of piperazine rings is 1. The van der Waals surface area contributed by atoms with Gasteiger partial charge in [-0.2, -0.15) is 13.2 Å². The van der Waals surface area contributed by atoms with Crippen LogP contribution in [0.4, 0.5) is 34.6 Å². The number of nitro groups is 1. The van der Waals surface area contributed by atoms with Gasteiger partial charge in [-0.25, -0.2) is 9.18 Å². The van der Waals surface area contributed by atoms with Crippen molar-refractivity contribution in [1.29, 1.82) is 0 Å². The molecule has 1 aliphatic rings. The van der Waals surface area contributed by atoms with Crippen molar-refractivity contribution in [1.82, 2.24) is 9.47 Å². The van der Waals surface area contributed by atoms with Crippen LogP contribution in [0.25, 0.3) is 10.9 Å². The van der Waals surface area contributed by atoms with E-state index in [-0.39, 0.29) is 16.6 Å². The number of anilines is 2. The zero-order valence-electron chi connectivity index (χ0n) is 22.5. The first-order valence-corrected chi connectivity index (χ1v) is 13.0. The number of fused-ring (bicyclic) bond motifs is 1. The van der Waals surface area contributed by atoms with Gasteiger partial charge in [-0.15, -0.1) is 0 Å². The lowest BCUT2D eigenvalue weighted by Crippen LogP contribution is -2.47. The van der Waals surface area contributed by atoms with Crippen LogP contribution in [0.3, 0.4) is 0 Å². The number of rotatable bonds is 9. The molecule has 2 heterocycles. The summed E-state index contributed by atoms with van der Waals surface area (Å²) in [6.07, 6.45) is -2.82. The SMILES string of the molecule is CCn1cc(C(=O)OC)c(=O)c2cc(F)c(N3CCN(CCCNc4ccc([N+](=O)[O-])c(C(F)(F)F)c4)CC3)cc21. The fourth-order valence-corrected chi connectivity index (χ4v) is 4.94. The van der Waals surface area contributed by atoms with Gasteiger partial charge in [-0.3, -0.25) is 19.8 Å². The van der Waals surface area contributed by atoms with Gasteiger partial charge in [0.1, 0.15) is 16.9 Å². The van der Waals surface area contributed by atoms with Gasteiger partial charge in [0.05, 0.1) is 23.2 Å². The summed E-state index contributed by atoms with van der Waals surface area (Å²) in [4.78, 5) is 38.7. The van der Waals surface area contributed by atoms with E-state index in [4.69, 9.17) is 0 Å². The first-order valence-electron chi connectivity index (χ1n) is 13.0. The molecule has 0 unspecified atom stereocenters. The molecule has 0 radical (unpaired) electrons. The molecule has 220 valence electrons. The molecule has 41 heavy (non-hydrogen) atoms. The second kappa shape index (κ2) is 12.1. The van der Waals surface area contributed by atoms with E-state index >= 15 is 4.39 Å². The number of ether oxygens (including phenoxy) is 1. The van der Waals surface area contributed by atoms with Gasteiger partial charge >= 0.3 is 12.1 Å². The maximum atomic E-state index is 15.2. The van der Waals surface area contributed by atoms with E-state index < -0.39 is 39.6 Å². The largest absolute Gasteiger partial charge is 0.465 e. The number of halogens is 4. The third-order valence-electron chi connectivity index (χ3n) is 7.09. The molecular weight excluding hydrogens is 550 g/mol. The van der Waals surface area contributed by atoms with Crippen LogP contribution in [0.1, 0.15) is 29.3 Å². The second-order valence-corrected chi connectivity index (χ2v) is 9.57. The van der Waals surface area contributed by atoms with Gasteiger partial charge in [-0.05, 0) is 44.2 Å². The Kier molecular flexibility index (Phi) is 8.80. The van der Waals surface area contributed by atoms with E-state index in [1.165, 1.54) is 19.4 Å². The normalized spacial score (nSPS) is 14.3. The molecule has 0 saturated carbocycles. The molecule has 1 aliphatic heterocycles. The lowest BCUT2D eigenvalue weighted by Gasteiger charge is -2.36. The van der Waals surface area contributed by atoms with Crippen molar-refractivity contribution in [2.75, 3.05) is 56.6 Å². The number of carbonyl (C=O) groups is 1. The molecule has 0 aliphatic carbocycles. The number of nitrogens with zero attached hydrogens (tertiary/aromatic N) is 4. The summed E-state index contributed by atoms with van der Waals surface area (Å²) in [7, 11) is 1.17. The van der Waals surface area contributed by atoms with Crippen molar-refractivity contribution in [3.8, 4) is 0 Å². The Labute approximate surface area is 232 Å². The Morgan fingerprint density at radius 2 is 1.85 bits per heavy atom. The van der Waals surface area contributed by atoms with Crippen molar-refractivity contribution in [3.63, 3.8) is 0 Å². The van der Waals surface area contributed by atoms with Crippen LogP contribution < -0.4 is 15.6 Å². The molecule has 0 spiro atoms. The highest BCUT2D eigenvalue weighted by atomic mass is 19.4. The minimum Gasteiger partial charge on any atom is -0.465 e. The van der Waals surface area contributed by atoms with E-state index in [9.17, 15) is 32.9 Å². The number of aryl methyl sites for hydroxylation is 1. The number of alkyl halides is 3. The maximum Gasteiger partial charge on any atom is 0.423 e. The Morgan fingerprint density at radius 3 is 2.46 bits per heavy atom. The molecule has 1 N–H and O–H groups in total. The number of nitro benzene ring substituents is 1. The van der Waals surface area contributed by atoms with Crippen molar-refractivity contribution in [2.24, 2.45) is 0 Å². The van der Waals surface area contributed by atoms with Crippen molar-refractivity contribution in [3.05, 3.63) is 73.8 Å². The number of benzene rings is 2. The minimum atomic E-state index is -4.84.